The van der Waals surface area contributed by atoms with Crippen LogP contribution in [0.2, 0.25) is 0 Å². The van der Waals surface area contributed by atoms with Crippen molar-refractivity contribution in [1.82, 2.24) is 9.88 Å². The molecule has 3 N–H and O–H groups in total. The molecule has 5 nitrogen and oxygen atoms in total. The highest BCUT2D eigenvalue weighted by molar-refractivity contribution is 9.10. The molecule has 114 valence electrons. The zero-order valence-electron chi connectivity index (χ0n) is 11.8. The summed E-state index contributed by atoms with van der Waals surface area (Å²) in [5.74, 6) is 0.367. The van der Waals surface area contributed by atoms with Crippen LogP contribution >= 0.6 is 15.9 Å². The lowest BCUT2D eigenvalue weighted by Crippen LogP contribution is -2.72. The Bertz CT molecular complexity index is 569. The number of amides is 1. The van der Waals surface area contributed by atoms with Crippen LogP contribution in [-0.2, 0) is 4.74 Å². The molecule has 0 aromatic carbocycles. The van der Waals surface area contributed by atoms with Gasteiger partial charge < -0.3 is 20.4 Å². The number of hydrogen-bond acceptors (Lipinski definition) is 3. The Morgan fingerprint density at radius 1 is 1.43 bits per heavy atom. The van der Waals surface area contributed by atoms with Gasteiger partial charge in [0.25, 0.3) is 5.91 Å². The molecule has 4 atom stereocenters. The lowest BCUT2D eigenvalue weighted by molar-refractivity contribution is -0.117. The van der Waals surface area contributed by atoms with E-state index in [2.05, 4.69) is 25.8 Å². The zero-order chi connectivity index (χ0) is 14.6. The van der Waals surface area contributed by atoms with Gasteiger partial charge >= 0.3 is 0 Å². The molecule has 1 aromatic heterocycles. The number of fused-ring (bicyclic) bond motifs is 1. The van der Waals surface area contributed by atoms with Crippen molar-refractivity contribution in [1.29, 1.82) is 0 Å². The first-order chi connectivity index (χ1) is 10.1. The number of rotatable bonds is 3. The van der Waals surface area contributed by atoms with Crippen molar-refractivity contribution in [2.45, 2.75) is 49.9 Å². The average molecular weight is 354 g/mol. The van der Waals surface area contributed by atoms with Gasteiger partial charge in [-0.2, -0.15) is 0 Å². The van der Waals surface area contributed by atoms with Crippen molar-refractivity contribution in [3.05, 3.63) is 22.4 Å². The maximum Gasteiger partial charge on any atom is 0.268 e. The van der Waals surface area contributed by atoms with Crippen LogP contribution in [-0.4, -0.2) is 35.3 Å². The first kappa shape index (κ1) is 13.8. The minimum absolute atomic E-state index is 0.0204. The Labute approximate surface area is 132 Å². The molecule has 1 amide bonds. The molecule has 0 bridgehead atoms. The van der Waals surface area contributed by atoms with E-state index >= 15 is 0 Å². The summed E-state index contributed by atoms with van der Waals surface area (Å²) in [7, 11) is 0. The van der Waals surface area contributed by atoms with Gasteiger partial charge in [-0.1, -0.05) is 0 Å². The van der Waals surface area contributed by atoms with E-state index in [0.717, 1.165) is 42.5 Å². The third kappa shape index (κ3) is 2.33. The fraction of sp³-hybridized carbons (Fsp3) is 0.667. The molecule has 3 fully saturated rings. The molecule has 4 unspecified atom stereocenters. The third-order valence-corrected chi connectivity index (χ3v) is 5.40. The van der Waals surface area contributed by atoms with E-state index in [9.17, 15) is 4.79 Å². The van der Waals surface area contributed by atoms with Gasteiger partial charge in [0.05, 0.1) is 12.1 Å². The molecule has 21 heavy (non-hydrogen) atoms. The van der Waals surface area contributed by atoms with Gasteiger partial charge in [-0.15, -0.1) is 0 Å². The summed E-state index contributed by atoms with van der Waals surface area (Å²) in [4.78, 5) is 12.6. The predicted octanol–water partition coefficient (Wildman–Crippen LogP) is 1.82. The highest BCUT2D eigenvalue weighted by Gasteiger charge is 2.51. The smallest absolute Gasteiger partial charge is 0.268 e. The molecule has 4 rings (SSSR count). The number of nitrogens with one attached hydrogen (secondary N) is 1. The summed E-state index contributed by atoms with van der Waals surface area (Å²) < 4.78 is 8.80. The van der Waals surface area contributed by atoms with Gasteiger partial charge in [-0.25, -0.2) is 0 Å². The fourth-order valence-electron chi connectivity index (χ4n) is 3.63. The van der Waals surface area contributed by atoms with E-state index in [-0.39, 0.29) is 24.1 Å². The van der Waals surface area contributed by atoms with Crippen molar-refractivity contribution in [2.24, 2.45) is 11.7 Å². The number of carbonyl (C=O) groups excluding carboxylic acids is 1. The summed E-state index contributed by atoms with van der Waals surface area (Å²) in [5.41, 5.74) is 6.93. The Morgan fingerprint density at radius 3 is 3.00 bits per heavy atom. The van der Waals surface area contributed by atoms with Crippen molar-refractivity contribution in [2.75, 3.05) is 6.61 Å². The second kappa shape index (κ2) is 5.11. The van der Waals surface area contributed by atoms with Crippen LogP contribution in [0.25, 0.3) is 0 Å². The quantitative estimate of drug-likeness (QED) is 0.870. The number of nitrogens with two attached hydrogens (primary N) is 1. The van der Waals surface area contributed by atoms with Gasteiger partial charge in [0.2, 0.25) is 0 Å². The van der Waals surface area contributed by atoms with E-state index in [0.29, 0.717) is 12.0 Å². The summed E-state index contributed by atoms with van der Waals surface area (Å²) in [6, 6.07) is 2.33. The monoisotopic (exact) mass is 353 g/mol. The predicted molar refractivity (Wildman–Crippen MR) is 82.1 cm³/mol. The fourth-order valence-corrected chi connectivity index (χ4v) is 4.07. The van der Waals surface area contributed by atoms with Gasteiger partial charge in [0.15, 0.2) is 0 Å². The highest BCUT2D eigenvalue weighted by atomic mass is 79.9. The first-order valence-electron chi connectivity index (χ1n) is 7.70. The van der Waals surface area contributed by atoms with Gasteiger partial charge in [-0.3, -0.25) is 4.79 Å². The Kier molecular flexibility index (Phi) is 3.35. The Morgan fingerprint density at radius 2 is 2.24 bits per heavy atom. The Balaban J connectivity index is 1.48. The van der Waals surface area contributed by atoms with Gasteiger partial charge in [0.1, 0.15) is 5.69 Å². The number of halogens is 1. The largest absolute Gasteiger partial charge is 0.376 e. The summed E-state index contributed by atoms with van der Waals surface area (Å²) in [5, 5.41) is 3.09. The summed E-state index contributed by atoms with van der Waals surface area (Å²) in [6.45, 7) is 0.782. The lowest BCUT2D eigenvalue weighted by atomic mass is 9.68. The topological polar surface area (TPSA) is 69.3 Å². The van der Waals surface area contributed by atoms with Crippen molar-refractivity contribution in [3.63, 3.8) is 0 Å². The second-order valence-corrected chi connectivity index (χ2v) is 7.32. The number of carbonyl (C=O) groups is 1. The van der Waals surface area contributed by atoms with Crippen LogP contribution in [0.1, 0.15) is 42.2 Å². The van der Waals surface area contributed by atoms with Crippen LogP contribution in [0.3, 0.4) is 0 Å². The lowest BCUT2D eigenvalue weighted by Gasteiger charge is -2.52. The summed E-state index contributed by atoms with van der Waals surface area (Å²) >= 11 is 3.46. The van der Waals surface area contributed by atoms with Crippen LogP contribution in [0, 0.1) is 5.92 Å². The summed E-state index contributed by atoms with van der Waals surface area (Å²) in [6.07, 6.45) is 6.59. The molecular weight excluding hydrogens is 334 g/mol. The maximum atomic E-state index is 12.6. The molecule has 2 heterocycles. The molecule has 1 aromatic rings. The maximum absolute atomic E-state index is 12.6. The molecular formula is C15H20BrN3O2. The first-order valence-corrected chi connectivity index (χ1v) is 8.50. The minimum Gasteiger partial charge on any atom is -0.376 e. The molecule has 2 saturated carbocycles. The van der Waals surface area contributed by atoms with E-state index in [1.54, 1.807) is 0 Å². The molecule has 2 aliphatic carbocycles. The number of nitrogens with zero attached hydrogens (tertiary/aromatic N) is 1. The molecule has 0 radical (unpaired) electrons. The van der Waals surface area contributed by atoms with Crippen LogP contribution < -0.4 is 11.1 Å². The van der Waals surface area contributed by atoms with E-state index in [1.807, 2.05) is 12.3 Å². The van der Waals surface area contributed by atoms with Gasteiger partial charge in [0, 0.05) is 35.3 Å². The van der Waals surface area contributed by atoms with Crippen molar-refractivity contribution >= 4 is 21.8 Å². The number of aromatic nitrogens is 1. The van der Waals surface area contributed by atoms with Crippen molar-refractivity contribution < 1.29 is 9.53 Å². The SMILES string of the molecule is NC1C2CCCOC2C1NC(=O)c1cc(Br)cn1C1CC1. The minimum atomic E-state index is -0.0517. The number of ether oxygens (including phenoxy) is 1. The molecule has 6 heteroatoms. The zero-order valence-corrected chi connectivity index (χ0v) is 13.4. The van der Waals surface area contributed by atoms with Crippen LogP contribution in [0.15, 0.2) is 16.7 Å². The molecule has 3 aliphatic rings. The van der Waals surface area contributed by atoms with Gasteiger partial charge in [-0.05, 0) is 47.7 Å². The highest BCUT2D eigenvalue weighted by Crippen LogP contribution is 2.39. The Hall–Kier alpha value is -0.850. The van der Waals surface area contributed by atoms with E-state index in [4.69, 9.17) is 10.5 Å². The van der Waals surface area contributed by atoms with Crippen LogP contribution in [0.5, 0.6) is 0 Å². The average Bonchev–Trinajstić information content (AvgIpc) is 3.26. The normalized spacial score (nSPS) is 35.0. The number of hydrogen-bond donors (Lipinski definition) is 2. The molecule has 1 aliphatic heterocycles. The van der Waals surface area contributed by atoms with E-state index in [1.165, 1.54) is 0 Å². The second-order valence-electron chi connectivity index (χ2n) is 6.40. The van der Waals surface area contributed by atoms with Crippen LogP contribution in [0.4, 0.5) is 0 Å². The molecule has 0 spiro atoms. The molecule has 1 saturated heterocycles. The van der Waals surface area contributed by atoms with E-state index < -0.39 is 0 Å². The standard InChI is InChI=1S/C15H20BrN3O2/c16-8-6-11(19(7-8)9-3-4-9)15(20)18-13-12(17)10-2-1-5-21-14(10)13/h6-7,9-10,12-14H,1-5,17H2,(H,18,20). The third-order valence-electron chi connectivity index (χ3n) is 4.96. The van der Waals surface area contributed by atoms with Crippen molar-refractivity contribution in [3.8, 4) is 0 Å².